The van der Waals surface area contributed by atoms with E-state index in [0.717, 1.165) is 5.56 Å². The van der Waals surface area contributed by atoms with E-state index in [1.165, 1.54) is 22.8 Å². The lowest BCUT2D eigenvalue weighted by atomic mass is 10.2. The zero-order chi connectivity index (χ0) is 17.8. The maximum Gasteiger partial charge on any atom is 0.263 e. The SMILES string of the molecule is O=C(Nc1ccc(Cl)cc1)c1cccn(Cc2ccc(F)cc2)c1=O. The van der Waals surface area contributed by atoms with Crippen LogP contribution in [0, 0.1) is 5.82 Å². The summed E-state index contributed by atoms with van der Waals surface area (Å²) in [4.78, 5) is 24.9. The number of rotatable bonds is 4. The molecule has 1 N–H and O–H groups in total. The summed E-state index contributed by atoms with van der Waals surface area (Å²) < 4.78 is 14.4. The Hall–Kier alpha value is -2.92. The summed E-state index contributed by atoms with van der Waals surface area (Å²) in [6.45, 7) is 0.251. The molecule has 3 aromatic rings. The summed E-state index contributed by atoms with van der Waals surface area (Å²) in [5, 5.41) is 3.22. The number of aromatic nitrogens is 1. The summed E-state index contributed by atoms with van der Waals surface area (Å²) in [5.41, 5.74) is 0.916. The predicted molar refractivity (Wildman–Crippen MR) is 95.6 cm³/mol. The highest BCUT2D eigenvalue weighted by Crippen LogP contribution is 2.14. The molecular weight excluding hydrogens is 343 g/mol. The van der Waals surface area contributed by atoms with Crippen LogP contribution >= 0.6 is 11.6 Å². The van der Waals surface area contributed by atoms with Crippen molar-refractivity contribution in [3.8, 4) is 0 Å². The monoisotopic (exact) mass is 356 g/mol. The maximum atomic E-state index is 13.0. The van der Waals surface area contributed by atoms with Crippen LogP contribution in [0.5, 0.6) is 0 Å². The van der Waals surface area contributed by atoms with Gasteiger partial charge in [-0.05, 0) is 54.1 Å². The standard InChI is InChI=1S/C19H14ClFN2O2/c20-14-5-9-16(10-6-14)22-18(24)17-2-1-11-23(19(17)25)12-13-3-7-15(21)8-4-13/h1-11H,12H2,(H,22,24). The first kappa shape index (κ1) is 16.9. The number of benzene rings is 2. The third-order valence-electron chi connectivity index (χ3n) is 3.63. The molecule has 0 aliphatic heterocycles. The Morgan fingerprint density at radius 3 is 2.40 bits per heavy atom. The summed E-state index contributed by atoms with van der Waals surface area (Å²) in [7, 11) is 0. The first-order valence-electron chi connectivity index (χ1n) is 7.54. The fourth-order valence-electron chi connectivity index (χ4n) is 2.35. The van der Waals surface area contributed by atoms with E-state index < -0.39 is 11.5 Å². The molecule has 0 unspecified atom stereocenters. The van der Waals surface area contributed by atoms with Gasteiger partial charge in [0.15, 0.2) is 0 Å². The number of nitrogens with zero attached hydrogens (tertiary/aromatic N) is 1. The van der Waals surface area contributed by atoms with Crippen LogP contribution in [0.3, 0.4) is 0 Å². The molecule has 1 aromatic heterocycles. The molecule has 25 heavy (non-hydrogen) atoms. The zero-order valence-electron chi connectivity index (χ0n) is 13.1. The molecule has 2 aromatic carbocycles. The lowest BCUT2D eigenvalue weighted by Crippen LogP contribution is -2.29. The van der Waals surface area contributed by atoms with Crippen LogP contribution in [0.25, 0.3) is 0 Å². The third kappa shape index (κ3) is 4.14. The number of nitrogens with one attached hydrogen (secondary N) is 1. The molecule has 4 nitrogen and oxygen atoms in total. The lowest BCUT2D eigenvalue weighted by molar-refractivity contribution is 0.102. The Balaban J connectivity index is 1.82. The van der Waals surface area contributed by atoms with Crippen LogP contribution in [0.2, 0.25) is 5.02 Å². The van der Waals surface area contributed by atoms with Gasteiger partial charge in [0.1, 0.15) is 11.4 Å². The number of carbonyl (C=O) groups excluding carboxylic acids is 1. The van der Waals surface area contributed by atoms with E-state index >= 15 is 0 Å². The third-order valence-corrected chi connectivity index (χ3v) is 3.89. The zero-order valence-corrected chi connectivity index (χ0v) is 13.8. The van der Waals surface area contributed by atoms with Gasteiger partial charge >= 0.3 is 0 Å². The van der Waals surface area contributed by atoms with Crippen LogP contribution in [0.4, 0.5) is 10.1 Å². The molecule has 0 spiro atoms. The van der Waals surface area contributed by atoms with Gasteiger partial charge in [0.05, 0.1) is 6.54 Å². The Morgan fingerprint density at radius 1 is 1.04 bits per heavy atom. The molecule has 0 saturated carbocycles. The van der Waals surface area contributed by atoms with Gasteiger partial charge in [0.2, 0.25) is 0 Å². The summed E-state index contributed by atoms with van der Waals surface area (Å²) >= 11 is 5.81. The number of anilines is 1. The first-order chi connectivity index (χ1) is 12.0. The van der Waals surface area contributed by atoms with Crippen molar-refractivity contribution in [1.29, 1.82) is 0 Å². The van der Waals surface area contributed by atoms with Crippen LogP contribution in [0.1, 0.15) is 15.9 Å². The topological polar surface area (TPSA) is 51.1 Å². The van der Waals surface area contributed by atoms with Crippen LogP contribution in [-0.4, -0.2) is 10.5 Å². The number of halogens is 2. The minimum Gasteiger partial charge on any atom is -0.322 e. The van der Waals surface area contributed by atoms with Gasteiger partial charge in [-0.2, -0.15) is 0 Å². The van der Waals surface area contributed by atoms with Crippen molar-refractivity contribution >= 4 is 23.2 Å². The molecule has 126 valence electrons. The second-order valence-electron chi connectivity index (χ2n) is 5.44. The molecule has 0 aliphatic carbocycles. The largest absolute Gasteiger partial charge is 0.322 e. The van der Waals surface area contributed by atoms with Crippen molar-refractivity contribution in [3.63, 3.8) is 0 Å². The number of hydrogen-bond donors (Lipinski definition) is 1. The highest BCUT2D eigenvalue weighted by molar-refractivity contribution is 6.30. The van der Waals surface area contributed by atoms with Gasteiger partial charge in [-0.3, -0.25) is 9.59 Å². The van der Waals surface area contributed by atoms with Crippen molar-refractivity contribution in [1.82, 2.24) is 4.57 Å². The molecule has 0 radical (unpaired) electrons. The van der Waals surface area contributed by atoms with Gasteiger partial charge in [0, 0.05) is 16.9 Å². The second kappa shape index (κ2) is 7.32. The van der Waals surface area contributed by atoms with Crippen molar-refractivity contribution in [2.75, 3.05) is 5.32 Å². The molecular formula is C19H14ClFN2O2. The first-order valence-corrected chi connectivity index (χ1v) is 7.91. The predicted octanol–water partition coefficient (Wildman–Crippen LogP) is 3.94. The van der Waals surface area contributed by atoms with Crippen LogP contribution in [-0.2, 0) is 6.54 Å². The van der Waals surface area contributed by atoms with E-state index in [2.05, 4.69) is 5.32 Å². The fourth-order valence-corrected chi connectivity index (χ4v) is 2.48. The minimum absolute atomic E-state index is 0.0274. The fraction of sp³-hybridized carbons (Fsp3) is 0.0526. The number of carbonyl (C=O) groups is 1. The molecule has 3 rings (SSSR count). The number of hydrogen-bond acceptors (Lipinski definition) is 2. The van der Waals surface area contributed by atoms with E-state index in [-0.39, 0.29) is 17.9 Å². The van der Waals surface area contributed by atoms with Gasteiger partial charge in [-0.1, -0.05) is 23.7 Å². The molecule has 0 atom stereocenters. The maximum absolute atomic E-state index is 13.0. The van der Waals surface area contributed by atoms with E-state index in [1.54, 1.807) is 48.7 Å². The number of amides is 1. The number of pyridine rings is 1. The molecule has 1 amide bonds. The average molecular weight is 357 g/mol. The Kier molecular flexibility index (Phi) is 4.95. The highest BCUT2D eigenvalue weighted by Gasteiger charge is 2.12. The van der Waals surface area contributed by atoms with Gasteiger partial charge in [-0.15, -0.1) is 0 Å². The quantitative estimate of drug-likeness (QED) is 0.769. The van der Waals surface area contributed by atoms with E-state index in [9.17, 15) is 14.0 Å². The van der Waals surface area contributed by atoms with Crippen molar-refractivity contribution in [3.05, 3.63) is 99.2 Å². The average Bonchev–Trinajstić information content (AvgIpc) is 2.60. The van der Waals surface area contributed by atoms with Gasteiger partial charge in [0.25, 0.3) is 11.5 Å². The molecule has 6 heteroatoms. The molecule has 0 bridgehead atoms. The normalized spacial score (nSPS) is 10.5. The molecule has 0 fully saturated rings. The van der Waals surface area contributed by atoms with E-state index in [1.807, 2.05) is 0 Å². The molecule has 1 heterocycles. The van der Waals surface area contributed by atoms with Crippen molar-refractivity contribution < 1.29 is 9.18 Å². The Bertz CT molecular complexity index is 950. The van der Waals surface area contributed by atoms with Gasteiger partial charge in [-0.25, -0.2) is 4.39 Å². The molecule has 0 aliphatic rings. The van der Waals surface area contributed by atoms with Crippen LogP contribution in [0.15, 0.2) is 71.7 Å². The minimum atomic E-state index is -0.499. The smallest absolute Gasteiger partial charge is 0.263 e. The Morgan fingerprint density at radius 2 is 1.72 bits per heavy atom. The van der Waals surface area contributed by atoms with E-state index in [4.69, 9.17) is 11.6 Å². The highest BCUT2D eigenvalue weighted by atomic mass is 35.5. The van der Waals surface area contributed by atoms with Crippen molar-refractivity contribution in [2.24, 2.45) is 0 Å². The van der Waals surface area contributed by atoms with E-state index in [0.29, 0.717) is 10.7 Å². The molecule has 0 saturated heterocycles. The summed E-state index contributed by atoms with van der Waals surface area (Å²) in [6, 6.07) is 15.6. The van der Waals surface area contributed by atoms with Crippen molar-refractivity contribution in [2.45, 2.75) is 6.54 Å². The summed E-state index contributed by atoms with van der Waals surface area (Å²) in [6.07, 6.45) is 1.59. The Labute approximate surface area is 148 Å². The van der Waals surface area contributed by atoms with Crippen LogP contribution < -0.4 is 10.9 Å². The second-order valence-corrected chi connectivity index (χ2v) is 5.88. The van der Waals surface area contributed by atoms with Gasteiger partial charge < -0.3 is 9.88 Å². The summed E-state index contributed by atoms with van der Waals surface area (Å²) in [5.74, 6) is -0.840. The lowest BCUT2D eigenvalue weighted by Gasteiger charge is -2.09.